The lowest BCUT2D eigenvalue weighted by molar-refractivity contribution is -0.130. The summed E-state index contributed by atoms with van der Waals surface area (Å²) in [7, 11) is 2.93. The molecule has 156 valence electrons. The van der Waals surface area contributed by atoms with Crippen molar-refractivity contribution >= 4 is 17.7 Å². The molecule has 2 aromatic carbocycles. The van der Waals surface area contributed by atoms with Crippen LogP contribution in [0.25, 0.3) is 0 Å². The van der Waals surface area contributed by atoms with Gasteiger partial charge >= 0.3 is 6.03 Å². The van der Waals surface area contributed by atoms with Crippen LogP contribution >= 0.6 is 0 Å². The van der Waals surface area contributed by atoms with Crippen LogP contribution in [0.1, 0.15) is 22.8 Å². The molecule has 2 aliphatic heterocycles. The number of carbonyl (C=O) groups excluding carboxylic acids is 3. The van der Waals surface area contributed by atoms with Gasteiger partial charge in [0.15, 0.2) is 17.3 Å². The largest absolute Gasteiger partial charge is 0.497 e. The van der Waals surface area contributed by atoms with E-state index in [1.54, 1.807) is 37.3 Å². The predicted octanol–water partition coefficient (Wildman–Crippen LogP) is 2.08. The molecular weight excluding hydrogens is 392 g/mol. The Morgan fingerprint density at radius 1 is 1.10 bits per heavy atom. The molecule has 1 fully saturated rings. The van der Waals surface area contributed by atoms with E-state index in [1.165, 1.54) is 20.3 Å². The highest BCUT2D eigenvalue weighted by atomic mass is 16.7. The van der Waals surface area contributed by atoms with E-state index in [-0.39, 0.29) is 12.4 Å². The third-order valence-corrected chi connectivity index (χ3v) is 5.24. The van der Waals surface area contributed by atoms with E-state index in [2.05, 4.69) is 5.32 Å². The lowest BCUT2D eigenvalue weighted by Gasteiger charge is -2.22. The molecule has 1 atom stereocenters. The molecule has 4 rings (SSSR count). The van der Waals surface area contributed by atoms with E-state index in [1.807, 2.05) is 0 Å². The van der Waals surface area contributed by atoms with Crippen LogP contribution < -0.4 is 24.3 Å². The number of hydrogen-bond acceptors (Lipinski definition) is 7. The maximum atomic E-state index is 13.1. The summed E-state index contributed by atoms with van der Waals surface area (Å²) < 4.78 is 21.0. The van der Waals surface area contributed by atoms with Crippen molar-refractivity contribution in [3.05, 3.63) is 47.5 Å². The van der Waals surface area contributed by atoms with Gasteiger partial charge < -0.3 is 24.3 Å². The second kappa shape index (κ2) is 7.25. The average molecular weight is 412 g/mol. The van der Waals surface area contributed by atoms with Crippen LogP contribution in [0.4, 0.5) is 4.79 Å². The summed E-state index contributed by atoms with van der Waals surface area (Å²) in [4.78, 5) is 39.4. The molecule has 1 N–H and O–H groups in total. The minimum Gasteiger partial charge on any atom is -0.497 e. The molecule has 0 aromatic heterocycles. The van der Waals surface area contributed by atoms with Crippen molar-refractivity contribution in [1.29, 1.82) is 0 Å². The second-order valence-electron chi connectivity index (χ2n) is 7.00. The fraction of sp³-hybridized carbons (Fsp3) is 0.286. The zero-order chi connectivity index (χ0) is 21.5. The summed E-state index contributed by atoms with van der Waals surface area (Å²) in [5.74, 6) is 0.907. The molecule has 1 saturated heterocycles. The molecule has 0 spiro atoms. The lowest BCUT2D eigenvalue weighted by Crippen LogP contribution is -2.41. The smallest absolute Gasteiger partial charge is 0.325 e. The summed E-state index contributed by atoms with van der Waals surface area (Å²) in [5.41, 5.74) is -0.555. The zero-order valence-electron chi connectivity index (χ0n) is 16.7. The quantitative estimate of drug-likeness (QED) is 0.572. The van der Waals surface area contributed by atoms with E-state index in [0.717, 1.165) is 4.90 Å². The van der Waals surface area contributed by atoms with Gasteiger partial charge in [-0.05, 0) is 36.8 Å². The standard InChI is InChI=1S/C21H20N2O7/c1-21(12-4-7-16-18(8-12)30-11-29-16)19(25)23(20(26)22-21)10-15(24)14-6-5-13(27-2)9-17(14)28-3/h4-9H,10-11H2,1-3H3,(H,22,26)/t21-/m0/s1. The van der Waals surface area contributed by atoms with Crippen LogP contribution in [0.3, 0.4) is 0 Å². The first-order chi connectivity index (χ1) is 14.4. The van der Waals surface area contributed by atoms with E-state index in [9.17, 15) is 14.4 Å². The molecule has 9 heteroatoms. The van der Waals surface area contributed by atoms with Crippen molar-refractivity contribution in [3.8, 4) is 23.0 Å². The van der Waals surface area contributed by atoms with Crippen molar-refractivity contribution < 1.29 is 33.3 Å². The molecular formula is C21H20N2O7. The summed E-state index contributed by atoms with van der Waals surface area (Å²) in [5, 5.41) is 2.68. The highest BCUT2D eigenvalue weighted by molar-refractivity contribution is 6.11. The van der Waals surface area contributed by atoms with Gasteiger partial charge in [-0.25, -0.2) is 4.79 Å². The molecule has 2 aromatic rings. The highest BCUT2D eigenvalue weighted by Gasteiger charge is 2.50. The number of imide groups is 1. The number of fused-ring (bicyclic) bond motifs is 1. The highest BCUT2D eigenvalue weighted by Crippen LogP contribution is 2.38. The fourth-order valence-electron chi connectivity index (χ4n) is 3.50. The van der Waals surface area contributed by atoms with Crippen LogP contribution in [0.5, 0.6) is 23.0 Å². The Morgan fingerprint density at radius 3 is 2.60 bits per heavy atom. The van der Waals surface area contributed by atoms with Crippen LogP contribution in [-0.4, -0.2) is 50.2 Å². The van der Waals surface area contributed by atoms with Gasteiger partial charge in [0.1, 0.15) is 17.0 Å². The maximum absolute atomic E-state index is 13.1. The monoisotopic (exact) mass is 412 g/mol. The summed E-state index contributed by atoms with van der Waals surface area (Å²) in [6.07, 6.45) is 0. The van der Waals surface area contributed by atoms with Crippen molar-refractivity contribution in [2.45, 2.75) is 12.5 Å². The number of ether oxygens (including phenoxy) is 4. The van der Waals surface area contributed by atoms with Gasteiger partial charge in [-0.3, -0.25) is 14.5 Å². The third kappa shape index (κ3) is 3.08. The predicted molar refractivity (Wildman–Crippen MR) is 104 cm³/mol. The van der Waals surface area contributed by atoms with Crippen LogP contribution in [0.15, 0.2) is 36.4 Å². The van der Waals surface area contributed by atoms with Crippen molar-refractivity contribution in [1.82, 2.24) is 10.2 Å². The second-order valence-corrected chi connectivity index (χ2v) is 7.00. The van der Waals surface area contributed by atoms with Gasteiger partial charge in [0.25, 0.3) is 5.91 Å². The van der Waals surface area contributed by atoms with E-state index >= 15 is 0 Å². The lowest BCUT2D eigenvalue weighted by atomic mass is 9.91. The van der Waals surface area contributed by atoms with Gasteiger partial charge in [-0.1, -0.05) is 6.07 Å². The third-order valence-electron chi connectivity index (χ3n) is 5.24. The molecule has 2 aliphatic rings. The number of rotatable bonds is 6. The van der Waals surface area contributed by atoms with Gasteiger partial charge in [-0.2, -0.15) is 0 Å². The van der Waals surface area contributed by atoms with E-state index in [4.69, 9.17) is 18.9 Å². The number of nitrogens with one attached hydrogen (secondary N) is 1. The first kappa shape index (κ1) is 19.6. The Balaban J connectivity index is 1.58. The number of urea groups is 1. The molecule has 30 heavy (non-hydrogen) atoms. The fourth-order valence-corrected chi connectivity index (χ4v) is 3.50. The number of methoxy groups -OCH3 is 2. The molecule has 0 saturated carbocycles. The number of Topliss-reactive ketones (excluding diaryl/α,β-unsaturated/α-hetero) is 1. The number of benzene rings is 2. The van der Waals surface area contributed by atoms with Crippen LogP contribution in [-0.2, 0) is 10.3 Å². The summed E-state index contributed by atoms with van der Waals surface area (Å²) in [6, 6.07) is 9.07. The van der Waals surface area contributed by atoms with Crippen molar-refractivity contribution in [2.24, 2.45) is 0 Å². The zero-order valence-corrected chi connectivity index (χ0v) is 16.7. The van der Waals surface area contributed by atoms with Crippen LogP contribution in [0.2, 0.25) is 0 Å². The Kier molecular flexibility index (Phi) is 4.73. The summed E-state index contributed by atoms with van der Waals surface area (Å²) in [6.45, 7) is 1.26. The Hall–Kier alpha value is -3.75. The average Bonchev–Trinajstić information content (AvgIpc) is 3.31. The molecule has 2 heterocycles. The molecule has 9 nitrogen and oxygen atoms in total. The Labute approximate surface area is 172 Å². The first-order valence-electron chi connectivity index (χ1n) is 9.17. The minimum atomic E-state index is -1.33. The van der Waals surface area contributed by atoms with Gasteiger partial charge in [0.05, 0.1) is 26.3 Å². The number of carbonyl (C=O) groups is 3. The first-order valence-corrected chi connectivity index (χ1v) is 9.17. The van der Waals surface area contributed by atoms with E-state index in [0.29, 0.717) is 28.6 Å². The SMILES string of the molecule is COc1ccc(C(=O)CN2C(=O)N[C@@](C)(c3ccc4c(c3)OCO4)C2=O)c(OC)c1. The Bertz CT molecular complexity index is 1050. The Morgan fingerprint density at radius 2 is 1.87 bits per heavy atom. The topological polar surface area (TPSA) is 103 Å². The van der Waals surface area contributed by atoms with Crippen molar-refractivity contribution in [3.63, 3.8) is 0 Å². The van der Waals surface area contributed by atoms with Gasteiger partial charge in [-0.15, -0.1) is 0 Å². The summed E-state index contributed by atoms with van der Waals surface area (Å²) >= 11 is 0. The molecule has 3 amide bonds. The maximum Gasteiger partial charge on any atom is 0.325 e. The van der Waals surface area contributed by atoms with Crippen LogP contribution in [0, 0.1) is 0 Å². The number of nitrogens with zero attached hydrogens (tertiary/aromatic N) is 1. The van der Waals surface area contributed by atoms with Crippen molar-refractivity contribution in [2.75, 3.05) is 27.6 Å². The number of ketones is 1. The van der Waals surface area contributed by atoms with E-state index < -0.39 is 29.8 Å². The van der Waals surface area contributed by atoms with Gasteiger partial charge in [0.2, 0.25) is 6.79 Å². The molecule has 0 bridgehead atoms. The van der Waals surface area contributed by atoms with Gasteiger partial charge in [0, 0.05) is 6.07 Å². The molecule has 0 unspecified atom stereocenters. The molecule has 0 radical (unpaired) electrons. The number of amides is 3. The minimum absolute atomic E-state index is 0.0973. The normalized spacial score (nSPS) is 19.6. The number of hydrogen-bond donors (Lipinski definition) is 1. The molecule has 0 aliphatic carbocycles.